The lowest BCUT2D eigenvalue weighted by atomic mass is 10.1. The maximum Gasteiger partial charge on any atom is 0.339 e. The van der Waals surface area contributed by atoms with Gasteiger partial charge in [0.2, 0.25) is 0 Å². The molecule has 6 nitrogen and oxygen atoms in total. The summed E-state index contributed by atoms with van der Waals surface area (Å²) >= 11 is 0. The summed E-state index contributed by atoms with van der Waals surface area (Å²) in [6.07, 6.45) is 11.4. The van der Waals surface area contributed by atoms with E-state index in [9.17, 15) is 19.8 Å². The van der Waals surface area contributed by atoms with Crippen molar-refractivity contribution in [2.24, 2.45) is 0 Å². The normalized spacial score (nSPS) is 10.4. The lowest BCUT2D eigenvalue weighted by Gasteiger charge is -2.23. The lowest BCUT2D eigenvalue weighted by molar-refractivity contribution is 0.0693. The van der Waals surface area contributed by atoms with Gasteiger partial charge in [0.05, 0.1) is 12.1 Å². The average Bonchev–Trinajstić information content (AvgIpc) is 2.90. The first kappa shape index (κ1) is 26.5. The van der Waals surface area contributed by atoms with Crippen LogP contribution in [0.15, 0.2) is 67.0 Å². The highest BCUT2D eigenvalue weighted by atomic mass is 16.4. The molecular weight excluding hydrogens is 452 g/mol. The molecule has 0 radical (unpaired) electrons. The number of anilines is 1. The second-order valence-corrected chi connectivity index (χ2v) is 8.66. The molecule has 0 spiro atoms. The molecule has 1 amide bonds. The Hall–Kier alpha value is -4.11. The monoisotopic (exact) mass is 484 g/mol. The third-order valence-electron chi connectivity index (χ3n) is 5.86. The van der Waals surface area contributed by atoms with E-state index in [0.717, 1.165) is 24.0 Å². The van der Waals surface area contributed by atoms with Crippen LogP contribution in [-0.4, -0.2) is 27.1 Å². The molecule has 0 atom stereocenters. The summed E-state index contributed by atoms with van der Waals surface area (Å²) in [6.45, 7) is 2.43. The van der Waals surface area contributed by atoms with Gasteiger partial charge in [-0.05, 0) is 54.4 Å². The highest BCUT2D eigenvalue weighted by Gasteiger charge is 2.21. The van der Waals surface area contributed by atoms with Crippen molar-refractivity contribution < 1.29 is 19.8 Å². The van der Waals surface area contributed by atoms with Crippen molar-refractivity contribution in [1.82, 2.24) is 4.98 Å². The molecule has 2 N–H and O–H groups in total. The molecule has 3 rings (SSSR count). The second kappa shape index (κ2) is 13.7. The Labute approximate surface area is 212 Å². The highest BCUT2D eigenvalue weighted by molar-refractivity contribution is 6.06. The number of aromatic carboxylic acids is 1. The van der Waals surface area contributed by atoms with Gasteiger partial charge in [-0.25, -0.2) is 4.79 Å². The SMILES string of the molecule is CCCCCCCCC#Cc1ccc(CN(C(=O)c2cccnc2)c2ccc(O)c(C(=O)O)c2)cc1. The van der Waals surface area contributed by atoms with Gasteiger partial charge in [0.15, 0.2) is 0 Å². The van der Waals surface area contributed by atoms with E-state index in [-0.39, 0.29) is 23.8 Å². The Balaban J connectivity index is 1.73. The third-order valence-corrected chi connectivity index (χ3v) is 5.86. The minimum Gasteiger partial charge on any atom is -0.507 e. The zero-order valence-corrected chi connectivity index (χ0v) is 20.6. The number of carboxylic acids is 1. The van der Waals surface area contributed by atoms with Crippen LogP contribution in [0, 0.1) is 11.8 Å². The summed E-state index contributed by atoms with van der Waals surface area (Å²) in [5.74, 6) is 4.49. The second-order valence-electron chi connectivity index (χ2n) is 8.66. The van der Waals surface area contributed by atoms with E-state index in [2.05, 4.69) is 23.7 Å². The largest absolute Gasteiger partial charge is 0.507 e. The predicted octanol–water partition coefficient (Wildman–Crippen LogP) is 6.43. The number of aromatic hydroxyl groups is 1. The van der Waals surface area contributed by atoms with Crippen LogP contribution >= 0.6 is 0 Å². The molecule has 0 aliphatic rings. The van der Waals surface area contributed by atoms with Crippen molar-refractivity contribution >= 4 is 17.6 Å². The van der Waals surface area contributed by atoms with Crippen LogP contribution < -0.4 is 4.90 Å². The van der Waals surface area contributed by atoms with Crippen molar-refractivity contribution in [3.63, 3.8) is 0 Å². The number of aromatic nitrogens is 1. The van der Waals surface area contributed by atoms with Crippen molar-refractivity contribution in [3.05, 3.63) is 89.2 Å². The first-order valence-electron chi connectivity index (χ1n) is 12.4. The van der Waals surface area contributed by atoms with Gasteiger partial charge in [0, 0.05) is 30.1 Å². The third kappa shape index (κ3) is 7.71. The van der Waals surface area contributed by atoms with Crippen molar-refractivity contribution in [1.29, 1.82) is 0 Å². The number of amides is 1. The summed E-state index contributed by atoms with van der Waals surface area (Å²) in [6, 6.07) is 15.1. The van der Waals surface area contributed by atoms with E-state index in [4.69, 9.17) is 0 Å². The molecule has 0 fully saturated rings. The van der Waals surface area contributed by atoms with Gasteiger partial charge in [-0.3, -0.25) is 9.78 Å². The number of carboxylic acid groups (broad SMARTS) is 1. The molecule has 3 aromatic rings. The van der Waals surface area contributed by atoms with Gasteiger partial charge < -0.3 is 15.1 Å². The number of hydrogen-bond donors (Lipinski definition) is 2. The Morgan fingerprint density at radius 2 is 1.72 bits per heavy atom. The molecule has 0 unspecified atom stereocenters. The molecule has 6 heteroatoms. The summed E-state index contributed by atoms with van der Waals surface area (Å²) < 4.78 is 0. The number of carbonyl (C=O) groups excluding carboxylic acids is 1. The Morgan fingerprint density at radius 3 is 2.42 bits per heavy atom. The molecule has 2 aromatic carbocycles. The van der Waals surface area contributed by atoms with Gasteiger partial charge in [-0.2, -0.15) is 0 Å². The van der Waals surface area contributed by atoms with Crippen LogP contribution in [0.2, 0.25) is 0 Å². The minimum absolute atomic E-state index is 0.211. The fourth-order valence-corrected chi connectivity index (χ4v) is 3.82. The molecule has 0 bridgehead atoms. The Bertz CT molecular complexity index is 1210. The zero-order valence-electron chi connectivity index (χ0n) is 20.6. The van der Waals surface area contributed by atoms with E-state index in [1.54, 1.807) is 18.3 Å². The van der Waals surface area contributed by atoms with Crippen LogP contribution in [0.4, 0.5) is 5.69 Å². The molecule has 0 aliphatic heterocycles. The van der Waals surface area contributed by atoms with Crippen molar-refractivity contribution in [3.8, 4) is 17.6 Å². The number of carbonyl (C=O) groups is 2. The topological polar surface area (TPSA) is 90.7 Å². The van der Waals surface area contributed by atoms with Crippen molar-refractivity contribution in [2.75, 3.05) is 4.90 Å². The molecule has 1 aromatic heterocycles. The molecule has 36 heavy (non-hydrogen) atoms. The van der Waals surface area contributed by atoms with Gasteiger partial charge in [0.25, 0.3) is 5.91 Å². The summed E-state index contributed by atoms with van der Waals surface area (Å²) in [4.78, 5) is 30.4. The number of benzene rings is 2. The molecule has 0 saturated heterocycles. The summed E-state index contributed by atoms with van der Waals surface area (Å²) in [7, 11) is 0. The van der Waals surface area contributed by atoms with Crippen LogP contribution in [0.3, 0.4) is 0 Å². The van der Waals surface area contributed by atoms with Gasteiger partial charge >= 0.3 is 5.97 Å². The number of nitrogens with zero attached hydrogens (tertiary/aromatic N) is 2. The summed E-state index contributed by atoms with van der Waals surface area (Å²) in [5, 5.41) is 19.3. The van der Waals surface area contributed by atoms with Gasteiger partial charge in [-0.1, -0.05) is 63.0 Å². The molecule has 0 saturated carbocycles. The number of rotatable bonds is 11. The van der Waals surface area contributed by atoms with Crippen molar-refractivity contribution in [2.45, 2.75) is 58.4 Å². The number of phenols is 1. The smallest absolute Gasteiger partial charge is 0.339 e. The van der Waals surface area contributed by atoms with Crippen LogP contribution in [0.25, 0.3) is 0 Å². The lowest BCUT2D eigenvalue weighted by Crippen LogP contribution is -2.30. The Kier molecular flexibility index (Phi) is 10.1. The van der Waals surface area contributed by atoms with Crippen LogP contribution in [-0.2, 0) is 6.54 Å². The summed E-state index contributed by atoms with van der Waals surface area (Å²) in [5.41, 5.74) is 2.24. The zero-order chi connectivity index (χ0) is 25.8. The number of pyridine rings is 1. The van der Waals surface area contributed by atoms with Crippen LogP contribution in [0.1, 0.15) is 83.7 Å². The van der Waals surface area contributed by atoms with Crippen LogP contribution in [0.5, 0.6) is 5.75 Å². The quantitative estimate of drug-likeness (QED) is 0.242. The van der Waals surface area contributed by atoms with Gasteiger partial charge in [-0.15, -0.1) is 0 Å². The van der Waals surface area contributed by atoms with E-state index >= 15 is 0 Å². The first-order valence-corrected chi connectivity index (χ1v) is 12.4. The average molecular weight is 485 g/mol. The molecule has 1 heterocycles. The maximum absolute atomic E-state index is 13.3. The molecule has 186 valence electrons. The molecular formula is C30H32N2O4. The number of hydrogen-bond acceptors (Lipinski definition) is 4. The minimum atomic E-state index is -1.27. The Morgan fingerprint density at radius 1 is 0.972 bits per heavy atom. The van der Waals surface area contributed by atoms with E-state index in [1.807, 2.05) is 24.3 Å². The fourth-order valence-electron chi connectivity index (χ4n) is 3.82. The van der Waals surface area contributed by atoms with E-state index < -0.39 is 5.97 Å². The maximum atomic E-state index is 13.3. The number of unbranched alkanes of at least 4 members (excludes halogenated alkanes) is 6. The fraction of sp³-hybridized carbons (Fsp3) is 0.300. The van der Waals surface area contributed by atoms with E-state index in [1.165, 1.54) is 61.4 Å². The first-order chi connectivity index (χ1) is 17.5. The van der Waals surface area contributed by atoms with Gasteiger partial charge in [0.1, 0.15) is 11.3 Å². The predicted molar refractivity (Wildman–Crippen MR) is 141 cm³/mol. The van der Waals surface area contributed by atoms with E-state index in [0.29, 0.717) is 11.3 Å². The molecule has 0 aliphatic carbocycles. The highest BCUT2D eigenvalue weighted by Crippen LogP contribution is 2.27. The standard InChI is InChI=1S/C30H32N2O4/c1-2-3-4-5-6-7-8-9-11-23-13-15-24(16-14-23)22-32(29(34)25-12-10-19-31-21-25)26-17-18-28(33)27(20-26)30(35)36/h10,12-21,33H,2-8,22H2,1H3,(H,35,36).